The molecular formula is C16H21N3O4. The maximum atomic E-state index is 12.2. The molecule has 0 bridgehead atoms. The highest BCUT2D eigenvalue weighted by Crippen LogP contribution is 2.32. The molecule has 1 aromatic rings. The van der Waals surface area contributed by atoms with Crippen LogP contribution in [0.2, 0.25) is 0 Å². The molecule has 1 aromatic carbocycles. The number of fused-ring (bicyclic) bond motifs is 1. The van der Waals surface area contributed by atoms with Crippen LogP contribution in [0.5, 0.6) is 11.5 Å². The van der Waals surface area contributed by atoms with Crippen LogP contribution in [-0.2, 0) is 11.2 Å². The Balaban J connectivity index is 1.46. The molecule has 1 saturated heterocycles. The van der Waals surface area contributed by atoms with Crippen LogP contribution < -0.4 is 20.5 Å². The van der Waals surface area contributed by atoms with E-state index in [1.165, 1.54) is 4.90 Å². The molecule has 3 amide bonds. The number of primary amides is 1. The Kier molecular flexibility index (Phi) is 4.55. The lowest BCUT2D eigenvalue weighted by molar-refractivity contribution is -0.126. The van der Waals surface area contributed by atoms with E-state index in [-0.39, 0.29) is 18.6 Å². The smallest absolute Gasteiger partial charge is 0.314 e. The van der Waals surface area contributed by atoms with Crippen molar-refractivity contribution in [2.75, 3.05) is 26.4 Å². The van der Waals surface area contributed by atoms with Gasteiger partial charge in [0.1, 0.15) is 0 Å². The number of carbonyl (C=O) groups is 2. The minimum atomic E-state index is -0.456. The Labute approximate surface area is 134 Å². The van der Waals surface area contributed by atoms with Crippen molar-refractivity contribution in [3.05, 3.63) is 23.8 Å². The predicted molar refractivity (Wildman–Crippen MR) is 83.2 cm³/mol. The van der Waals surface area contributed by atoms with Gasteiger partial charge in [-0.15, -0.1) is 0 Å². The Morgan fingerprint density at radius 3 is 2.96 bits per heavy atom. The van der Waals surface area contributed by atoms with Crippen molar-refractivity contribution in [1.82, 2.24) is 10.2 Å². The summed E-state index contributed by atoms with van der Waals surface area (Å²) in [5.41, 5.74) is 6.36. The van der Waals surface area contributed by atoms with Gasteiger partial charge in [-0.1, -0.05) is 6.07 Å². The number of rotatable bonds is 4. The zero-order valence-electron chi connectivity index (χ0n) is 12.9. The van der Waals surface area contributed by atoms with Gasteiger partial charge < -0.3 is 25.4 Å². The number of piperidine rings is 1. The molecule has 0 aromatic heterocycles. The van der Waals surface area contributed by atoms with Crippen LogP contribution in [0.3, 0.4) is 0 Å². The lowest BCUT2D eigenvalue weighted by Gasteiger charge is -2.30. The van der Waals surface area contributed by atoms with E-state index >= 15 is 0 Å². The molecule has 1 unspecified atom stereocenters. The third-order valence-corrected chi connectivity index (χ3v) is 4.25. The van der Waals surface area contributed by atoms with Crippen molar-refractivity contribution >= 4 is 11.9 Å². The van der Waals surface area contributed by atoms with E-state index in [1.54, 1.807) is 0 Å². The summed E-state index contributed by atoms with van der Waals surface area (Å²) < 4.78 is 10.6. The quantitative estimate of drug-likeness (QED) is 0.861. The van der Waals surface area contributed by atoms with Gasteiger partial charge in [-0.05, 0) is 37.0 Å². The average molecular weight is 319 g/mol. The van der Waals surface area contributed by atoms with E-state index in [9.17, 15) is 9.59 Å². The molecule has 124 valence electrons. The van der Waals surface area contributed by atoms with Crippen LogP contribution in [0.4, 0.5) is 4.79 Å². The van der Waals surface area contributed by atoms with Crippen molar-refractivity contribution < 1.29 is 19.1 Å². The standard InChI is InChI=1S/C16H21N3O4/c17-16(21)19-7-1-2-12(9-19)15(20)18-6-5-11-3-4-13-14(8-11)23-10-22-13/h3-4,8,12H,1-2,5-7,9-10H2,(H2,17,21)(H,18,20). The molecule has 0 spiro atoms. The first-order chi connectivity index (χ1) is 11.1. The van der Waals surface area contributed by atoms with Crippen LogP contribution in [0.1, 0.15) is 18.4 Å². The monoisotopic (exact) mass is 319 g/mol. The first-order valence-electron chi connectivity index (χ1n) is 7.84. The SMILES string of the molecule is NC(=O)N1CCCC(C(=O)NCCc2ccc3c(c2)OCO3)C1. The topological polar surface area (TPSA) is 93.9 Å². The van der Waals surface area contributed by atoms with E-state index in [1.807, 2.05) is 18.2 Å². The van der Waals surface area contributed by atoms with E-state index in [0.717, 1.165) is 29.9 Å². The summed E-state index contributed by atoms with van der Waals surface area (Å²) in [6.07, 6.45) is 2.32. The highest BCUT2D eigenvalue weighted by molar-refractivity contribution is 5.80. The Morgan fingerprint density at radius 2 is 2.13 bits per heavy atom. The number of amides is 3. The fourth-order valence-electron chi connectivity index (χ4n) is 2.96. The van der Waals surface area contributed by atoms with Crippen molar-refractivity contribution in [2.45, 2.75) is 19.3 Å². The van der Waals surface area contributed by atoms with Crippen molar-refractivity contribution in [3.8, 4) is 11.5 Å². The zero-order valence-corrected chi connectivity index (χ0v) is 12.9. The second-order valence-corrected chi connectivity index (χ2v) is 5.85. The molecule has 2 heterocycles. The number of benzene rings is 1. The summed E-state index contributed by atoms with van der Waals surface area (Å²) in [5, 5.41) is 2.94. The fourth-order valence-corrected chi connectivity index (χ4v) is 2.96. The zero-order chi connectivity index (χ0) is 16.2. The highest BCUT2D eigenvalue weighted by atomic mass is 16.7. The second-order valence-electron chi connectivity index (χ2n) is 5.85. The highest BCUT2D eigenvalue weighted by Gasteiger charge is 2.27. The van der Waals surface area contributed by atoms with Crippen molar-refractivity contribution in [1.29, 1.82) is 0 Å². The summed E-state index contributed by atoms with van der Waals surface area (Å²) in [7, 11) is 0. The number of hydrogen-bond donors (Lipinski definition) is 2. The number of nitrogens with zero attached hydrogens (tertiary/aromatic N) is 1. The van der Waals surface area contributed by atoms with Crippen LogP contribution >= 0.6 is 0 Å². The maximum Gasteiger partial charge on any atom is 0.314 e. The molecule has 7 nitrogen and oxygen atoms in total. The molecule has 0 radical (unpaired) electrons. The second kappa shape index (κ2) is 6.76. The fraction of sp³-hybridized carbons (Fsp3) is 0.500. The van der Waals surface area contributed by atoms with Crippen molar-refractivity contribution in [2.24, 2.45) is 11.7 Å². The van der Waals surface area contributed by atoms with E-state index in [4.69, 9.17) is 15.2 Å². The van der Waals surface area contributed by atoms with Crippen LogP contribution in [0, 0.1) is 5.92 Å². The molecule has 23 heavy (non-hydrogen) atoms. The summed E-state index contributed by atoms with van der Waals surface area (Å²) in [4.78, 5) is 25.0. The summed E-state index contributed by atoms with van der Waals surface area (Å²) in [5.74, 6) is 1.31. The number of likely N-dealkylation sites (tertiary alicyclic amines) is 1. The molecule has 7 heteroatoms. The molecule has 0 saturated carbocycles. The molecule has 3 N–H and O–H groups in total. The van der Waals surface area contributed by atoms with Gasteiger partial charge in [0.2, 0.25) is 12.7 Å². The largest absolute Gasteiger partial charge is 0.454 e. The summed E-state index contributed by atoms with van der Waals surface area (Å²) in [6.45, 7) is 1.85. The Morgan fingerprint density at radius 1 is 1.30 bits per heavy atom. The molecule has 3 rings (SSSR count). The Hall–Kier alpha value is -2.44. The number of urea groups is 1. The average Bonchev–Trinajstić information content (AvgIpc) is 3.02. The third-order valence-electron chi connectivity index (χ3n) is 4.25. The number of ether oxygens (including phenoxy) is 2. The minimum absolute atomic E-state index is 0.0170. The van der Waals surface area contributed by atoms with E-state index < -0.39 is 6.03 Å². The van der Waals surface area contributed by atoms with Gasteiger partial charge in [-0.25, -0.2) is 4.79 Å². The van der Waals surface area contributed by atoms with Gasteiger partial charge in [0.15, 0.2) is 11.5 Å². The van der Waals surface area contributed by atoms with Gasteiger partial charge in [0, 0.05) is 19.6 Å². The molecule has 0 aliphatic carbocycles. The number of nitrogens with two attached hydrogens (primary N) is 1. The predicted octanol–water partition coefficient (Wildman–Crippen LogP) is 0.865. The van der Waals surface area contributed by atoms with Gasteiger partial charge in [0.05, 0.1) is 5.92 Å². The summed E-state index contributed by atoms with van der Waals surface area (Å²) >= 11 is 0. The first kappa shape index (κ1) is 15.5. The van der Waals surface area contributed by atoms with Gasteiger partial charge in [0.25, 0.3) is 0 Å². The van der Waals surface area contributed by atoms with Gasteiger partial charge >= 0.3 is 6.03 Å². The van der Waals surface area contributed by atoms with Crippen LogP contribution in [0.25, 0.3) is 0 Å². The normalized spacial score (nSPS) is 19.5. The molecule has 2 aliphatic heterocycles. The maximum absolute atomic E-state index is 12.2. The van der Waals surface area contributed by atoms with Gasteiger partial charge in [-0.2, -0.15) is 0 Å². The minimum Gasteiger partial charge on any atom is -0.454 e. The van der Waals surface area contributed by atoms with Crippen LogP contribution in [0.15, 0.2) is 18.2 Å². The first-order valence-corrected chi connectivity index (χ1v) is 7.84. The third kappa shape index (κ3) is 3.67. The van der Waals surface area contributed by atoms with Gasteiger partial charge in [-0.3, -0.25) is 4.79 Å². The lowest BCUT2D eigenvalue weighted by atomic mass is 9.97. The van der Waals surface area contributed by atoms with E-state index in [0.29, 0.717) is 26.1 Å². The van der Waals surface area contributed by atoms with Crippen molar-refractivity contribution in [3.63, 3.8) is 0 Å². The lowest BCUT2D eigenvalue weighted by Crippen LogP contribution is -2.47. The molecule has 1 atom stereocenters. The summed E-state index contributed by atoms with van der Waals surface area (Å²) in [6, 6.07) is 5.33. The van der Waals surface area contributed by atoms with E-state index in [2.05, 4.69) is 5.32 Å². The number of hydrogen-bond acceptors (Lipinski definition) is 4. The number of nitrogens with one attached hydrogen (secondary N) is 1. The molecular weight excluding hydrogens is 298 g/mol. The number of carbonyl (C=O) groups excluding carboxylic acids is 2. The van der Waals surface area contributed by atoms with Crippen LogP contribution in [-0.4, -0.2) is 43.3 Å². The Bertz CT molecular complexity index is 605. The molecule has 2 aliphatic rings. The molecule has 1 fully saturated rings.